The summed E-state index contributed by atoms with van der Waals surface area (Å²) in [6.45, 7) is 11.7. The minimum absolute atomic E-state index is 0.576. The number of likely N-dealkylation sites (N-methyl/N-ethyl adjacent to an activating group) is 1. The molecule has 1 aliphatic heterocycles. The predicted molar refractivity (Wildman–Crippen MR) is 60.2 cm³/mol. The van der Waals surface area contributed by atoms with E-state index in [0.29, 0.717) is 5.54 Å². The largest absolute Gasteiger partial charge is 0.309 e. The number of hydrogen-bond donors (Lipinski definition) is 1. The Balaban J connectivity index is 0.000000322. The van der Waals surface area contributed by atoms with E-state index in [0.717, 1.165) is 0 Å². The Morgan fingerprint density at radius 1 is 1.08 bits per heavy atom. The lowest BCUT2D eigenvalue weighted by Crippen LogP contribution is -2.50. The Morgan fingerprint density at radius 3 is 1.92 bits per heavy atom. The highest BCUT2D eigenvalue weighted by molar-refractivity contribution is 5.05. The normalized spacial score (nSPS) is 23.8. The smallest absolute Gasteiger partial charge is 0.0310 e. The zero-order valence-electron chi connectivity index (χ0n) is 9.98. The van der Waals surface area contributed by atoms with Crippen molar-refractivity contribution in [1.82, 2.24) is 10.2 Å². The number of rotatable bonds is 0. The molecule has 0 bridgehead atoms. The molecule has 0 radical (unpaired) electrons. The van der Waals surface area contributed by atoms with Gasteiger partial charge in [-0.3, -0.25) is 0 Å². The maximum absolute atomic E-state index is 3.56. The lowest BCUT2D eigenvalue weighted by Gasteiger charge is -2.30. The fraction of sp³-hybridized carbons (Fsp3) is 1.00. The van der Waals surface area contributed by atoms with Gasteiger partial charge in [0.1, 0.15) is 0 Å². The standard InChI is InChI=1S/C7H14N2.2C2H6/c1-9-5-4-8-7(6-9)2-3-7;2*1-2/h8H,2-6H2,1H3;2*1-2H3. The Bertz CT molecular complexity index is 119. The van der Waals surface area contributed by atoms with Crippen molar-refractivity contribution in [3.63, 3.8) is 0 Å². The van der Waals surface area contributed by atoms with E-state index in [1.165, 1.54) is 32.5 Å². The van der Waals surface area contributed by atoms with Crippen LogP contribution in [0.1, 0.15) is 40.5 Å². The van der Waals surface area contributed by atoms with Gasteiger partial charge in [-0.2, -0.15) is 0 Å². The Kier molecular flexibility index (Phi) is 6.35. The van der Waals surface area contributed by atoms with Gasteiger partial charge in [0.25, 0.3) is 0 Å². The average Bonchev–Trinajstić information content (AvgIpc) is 2.91. The van der Waals surface area contributed by atoms with Crippen molar-refractivity contribution in [3.8, 4) is 0 Å². The molecule has 2 rings (SSSR count). The maximum atomic E-state index is 3.56. The first-order chi connectivity index (χ1) is 6.31. The van der Waals surface area contributed by atoms with Gasteiger partial charge in [0.05, 0.1) is 0 Å². The third kappa shape index (κ3) is 4.10. The molecule has 0 aromatic heterocycles. The van der Waals surface area contributed by atoms with Crippen LogP contribution in [0.15, 0.2) is 0 Å². The molecule has 80 valence electrons. The third-order valence-electron chi connectivity index (χ3n) is 2.42. The Hall–Kier alpha value is -0.0800. The van der Waals surface area contributed by atoms with E-state index in [1.54, 1.807) is 0 Å². The first-order valence-electron chi connectivity index (χ1n) is 5.74. The molecule has 1 aliphatic carbocycles. The molecule has 2 heteroatoms. The fourth-order valence-corrected chi connectivity index (χ4v) is 1.65. The van der Waals surface area contributed by atoms with Crippen LogP contribution in [0.4, 0.5) is 0 Å². The molecule has 0 unspecified atom stereocenters. The number of nitrogens with zero attached hydrogens (tertiary/aromatic N) is 1. The first kappa shape index (κ1) is 12.9. The summed E-state index contributed by atoms with van der Waals surface area (Å²) in [7, 11) is 2.21. The predicted octanol–water partition coefficient (Wildman–Crippen LogP) is 2.11. The molecule has 0 amide bonds. The van der Waals surface area contributed by atoms with Gasteiger partial charge >= 0.3 is 0 Å². The van der Waals surface area contributed by atoms with Gasteiger partial charge in [0.2, 0.25) is 0 Å². The highest BCUT2D eigenvalue weighted by Gasteiger charge is 2.44. The van der Waals surface area contributed by atoms with E-state index in [9.17, 15) is 0 Å². The highest BCUT2D eigenvalue weighted by Crippen LogP contribution is 2.36. The van der Waals surface area contributed by atoms with Crippen molar-refractivity contribution in [2.24, 2.45) is 0 Å². The molecule has 1 saturated carbocycles. The molecule has 0 aromatic rings. The molecule has 1 saturated heterocycles. The maximum Gasteiger partial charge on any atom is 0.0310 e. The van der Waals surface area contributed by atoms with Crippen LogP contribution in [-0.4, -0.2) is 37.1 Å². The molecular weight excluding hydrogens is 160 g/mol. The van der Waals surface area contributed by atoms with Gasteiger partial charge in [-0.05, 0) is 19.9 Å². The Morgan fingerprint density at radius 2 is 1.62 bits per heavy atom. The van der Waals surface area contributed by atoms with Crippen molar-refractivity contribution < 1.29 is 0 Å². The van der Waals surface area contributed by atoms with Gasteiger partial charge < -0.3 is 10.2 Å². The lowest BCUT2D eigenvalue weighted by atomic mass is 10.2. The van der Waals surface area contributed by atoms with Crippen molar-refractivity contribution in [2.45, 2.75) is 46.1 Å². The molecule has 13 heavy (non-hydrogen) atoms. The minimum Gasteiger partial charge on any atom is -0.309 e. The van der Waals surface area contributed by atoms with E-state index in [2.05, 4.69) is 17.3 Å². The van der Waals surface area contributed by atoms with Crippen molar-refractivity contribution in [1.29, 1.82) is 0 Å². The van der Waals surface area contributed by atoms with Crippen LogP contribution in [0.2, 0.25) is 0 Å². The van der Waals surface area contributed by atoms with Gasteiger partial charge in [-0.15, -0.1) is 0 Å². The SMILES string of the molecule is CC.CC.CN1CCNC2(CC2)C1. The van der Waals surface area contributed by atoms with Crippen LogP contribution < -0.4 is 5.32 Å². The summed E-state index contributed by atoms with van der Waals surface area (Å²) in [6.07, 6.45) is 2.80. The number of nitrogens with one attached hydrogen (secondary N) is 1. The average molecular weight is 186 g/mol. The molecular formula is C11H26N2. The lowest BCUT2D eigenvalue weighted by molar-refractivity contribution is 0.227. The second-order valence-corrected chi connectivity index (χ2v) is 3.44. The minimum atomic E-state index is 0.576. The van der Waals surface area contributed by atoms with E-state index in [1.807, 2.05) is 27.7 Å². The van der Waals surface area contributed by atoms with E-state index >= 15 is 0 Å². The topological polar surface area (TPSA) is 15.3 Å². The first-order valence-corrected chi connectivity index (χ1v) is 5.74. The summed E-state index contributed by atoms with van der Waals surface area (Å²) in [5.41, 5.74) is 0.576. The quantitative estimate of drug-likeness (QED) is 0.623. The van der Waals surface area contributed by atoms with Gasteiger partial charge in [-0.25, -0.2) is 0 Å². The van der Waals surface area contributed by atoms with Crippen LogP contribution in [0, 0.1) is 0 Å². The molecule has 2 aliphatic rings. The number of hydrogen-bond acceptors (Lipinski definition) is 2. The fourth-order valence-electron chi connectivity index (χ4n) is 1.65. The van der Waals surface area contributed by atoms with E-state index in [-0.39, 0.29) is 0 Å². The third-order valence-corrected chi connectivity index (χ3v) is 2.42. The summed E-state index contributed by atoms with van der Waals surface area (Å²) in [4.78, 5) is 2.42. The van der Waals surface area contributed by atoms with Gasteiger partial charge in [0, 0.05) is 25.2 Å². The van der Waals surface area contributed by atoms with Crippen molar-refractivity contribution in [2.75, 3.05) is 26.7 Å². The summed E-state index contributed by atoms with van der Waals surface area (Å²) >= 11 is 0. The zero-order valence-corrected chi connectivity index (χ0v) is 9.98. The van der Waals surface area contributed by atoms with E-state index in [4.69, 9.17) is 0 Å². The number of piperazine rings is 1. The molecule has 0 atom stereocenters. The van der Waals surface area contributed by atoms with Crippen molar-refractivity contribution >= 4 is 0 Å². The monoisotopic (exact) mass is 186 g/mol. The zero-order chi connectivity index (χ0) is 10.3. The Labute approximate surface area is 83.7 Å². The van der Waals surface area contributed by atoms with Crippen LogP contribution in [0.5, 0.6) is 0 Å². The van der Waals surface area contributed by atoms with Crippen LogP contribution in [-0.2, 0) is 0 Å². The van der Waals surface area contributed by atoms with Crippen LogP contribution in [0.3, 0.4) is 0 Å². The van der Waals surface area contributed by atoms with Crippen molar-refractivity contribution in [3.05, 3.63) is 0 Å². The molecule has 2 fully saturated rings. The van der Waals surface area contributed by atoms with Crippen LogP contribution in [0.25, 0.3) is 0 Å². The van der Waals surface area contributed by atoms with Gasteiger partial charge in [-0.1, -0.05) is 27.7 Å². The molecule has 1 N–H and O–H groups in total. The van der Waals surface area contributed by atoms with Crippen LogP contribution >= 0.6 is 0 Å². The second kappa shape index (κ2) is 6.39. The van der Waals surface area contributed by atoms with E-state index < -0.39 is 0 Å². The molecule has 0 aromatic carbocycles. The summed E-state index contributed by atoms with van der Waals surface area (Å²) in [6, 6.07) is 0. The highest BCUT2D eigenvalue weighted by atomic mass is 15.2. The molecule has 1 heterocycles. The van der Waals surface area contributed by atoms with Gasteiger partial charge in [0.15, 0.2) is 0 Å². The summed E-state index contributed by atoms with van der Waals surface area (Å²) in [5, 5.41) is 3.56. The second-order valence-electron chi connectivity index (χ2n) is 3.44. The summed E-state index contributed by atoms with van der Waals surface area (Å²) < 4.78 is 0. The molecule has 2 nitrogen and oxygen atoms in total. The summed E-state index contributed by atoms with van der Waals surface area (Å²) in [5.74, 6) is 0. The molecule has 1 spiro atoms.